The zero-order valence-electron chi connectivity index (χ0n) is 9.08. The van der Waals surface area contributed by atoms with Crippen LogP contribution >= 0.6 is 0 Å². The van der Waals surface area contributed by atoms with Crippen molar-refractivity contribution in [3.63, 3.8) is 0 Å². The standard InChI is InChI=1S/C13H15NO/c1-8-6-11-10(9(2)13-7-15-13)4-3-5-12(11)14-8/h3-6,9,13-14H,7H2,1-2H3. The summed E-state index contributed by atoms with van der Waals surface area (Å²) in [7, 11) is 0. The van der Waals surface area contributed by atoms with Gasteiger partial charge in [-0.25, -0.2) is 0 Å². The second-order valence-corrected chi connectivity index (χ2v) is 4.42. The van der Waals surface area contributed by atoms with Gasteiger partial charge in [0.2, 0.25) is 0 Å². The molecule has 0 saturated carbocycles. The number of aryl methyl sites for hydroxylation is 1. The first-order valence-corrected chi connectivity index (χ1v) is 5.45. The molecule has 2 atom stereocenters. The lowest BCUT2D eigenvalue weighted by molar-refractivity contribution is 0.383. The van der Waals surface area contributed by atoms with Crippen molar-refractivity contribution in [2.45, 2.75) is 25.9 Å². The van der Waals surface area contributed by atoms with E-state index in [1.165, 1.54) is 22.2 Å². The number of aromatic nitrogens is 1. The SMILES string of the molecule is Cc1cc2c(C(C)C3CO3)cccc2[nH]1. The van der Waals surface area contributed by atoms with Crippen LogP contribution in [0.2, 0.25) is 0 Å². The van der Waals surface area contributed by atoms with E-state index in [1.54, 1.807) is 0 Å². The van der Waals surface area contributed by atoms with Crippen molar-refractivity contribution >= 4 is 10.9 Å². The third-order valence-electron chi connectivity index (χ3n) is 3.24. The number of nitrogens with one attached hydrogen (secondary N) is 1. The Morgan fingerprint density at radius 1 is 1.47 bits per heavy atom. The van der Waals surface area contributed by atoms with Crippen molar-refractivity contribution in [1.29, 1.82) is 0 Å². The Balaban J connectivity index is 2.15. The van der Waals surface area contributed by atoms with Crippen molar-refractivity contribution in [1.82, 2.24) is 4.98 Å². The molecule has 1 aromatic carbocycles. The predicted molar refractivity (Wildman–Crippen MR) is 61.2 cm³/mol. The van der Waals surface area contributed by atoms with Gasteiger partial charge in [-0.1, -0.05) is 19.1 Å². The molecule has 2 aromatic rings. The van der Waals surface area contributed by atoms with Gasteiger partial charge in [-0.2, -0.15) is 0 Å². The van der Waals surface area contributed by atoms with Gasteiger partial charge in [0, 0.05) is 22.5 Å². The number of fused-ring (bicyclic) bond motifs is 1. The smallest absolute Gasteiger partial charge is 0.0875 e. The molecule has 78 valence electrons. The summed E-state index contributed by atoms with van der Waals surface area (Å²) in [5, 5.41) is 1.35. The Kier molecular flexibility index (Phi) is 1.86. The number of hydrogen-bond acceptors (Lipinski definition) is 1. The number of benzene rings is 1. The first-order chi connectivity index (χ1) is 7.25. The summed E-state index contributed by atoms with van der Waals surface area (Å²) in [5.74, 6) is 0.504. The lowest BCUT2D eigenvalue weighted by atomic mass is 9.95. The maximum atomic E-state index is 5.37. The summed E-state index contributed by atoms with van der Waals surface area (Å²) < 4.78 is 5.37. The lowest BCUT2D eigenvalue weighted by Crippen LogP contribution is -2.01. The molecule has 15 heavy (non-hydrogen) atoms. The number of hydrogen-bond donors (Lipinski definition) is 1. The molecule has 3 rings (SSSR count). The molecule has 2 heteroatoms. The fourth-order valence-corrected chi connectivity index (χ4v) is 2.26. The third-order valence-corrected chi connectivity index (χ3v) is 3.24. The van der Waals surface area contributed by atoms with E-state index in [4.69, 9.17) is 4.74 Å². The van der Waals surface area contributed by atoms with E-state index in [9.17, 15) is 0 Å². The molecular formula is C13H15NO. The average Bonchev–Trinajstić information content (AvgIpc) is 2.98. The van der Waals surface area contributed by atoms with Gasteiger partial charge < -0.3 is 9.72 Å². The molecule has 0 aliphatic carbocycles. The first kappa shape index (κ1) is 8.98. The summed E-state index contributed by atoms with van der Waals surface area (Å²) >= 11 is 0. The Morgan fingerprint density at radius 3 is 3.00 bits per heavy atom. The molecule has 1 N–H and O–H groups in total. The maximum Gasteiger partial charge on any atom is 0.0875 e. The van der Waals surface area contributed by atoms with Gasteiger partial charge >= 0.3 is 0 Å². The summed E-state index contributed by atoms with van der Waals surface area (Å²) in [6.45, 7) is 5.26. The highest BCUT2D eigenvalue weighted by atomic mass is 16.6. The van der Waals surface area contributed by atoms with Gasteiger partial charge in [0.15, 0.2) is 0 Å². The molecule has 2 heterocycles. The van der Waals surface area contributed by atoms with Crippen molar-refractivity contribution in [3.8, 4) is 0 Å². The number of ether oxygens (including phenoxy) is 1. The van der Waals surface area contributed by atoms with Crippen molar-refractivity contribution in [2.75, 3.05) is 6.61 Å². The van der Waals surface area contributed by atoms with E-state index in [1.807, 2.05) is 0 Å². The van der Waals surface area contributed by atoms with Crippen LogP contribution in [0.4, 0.5) is 0 Å². The van der Waals surface area contributed by atoms with Crippen LogP contribution in [0.15, 0.2) is 24.3 Å². The molecular weight excluding hydrogens is 186 g/mol. The average molecular weight is 201 g/mol. The lowest BCUT2D eigenvalue weighted by Gasteiger charge is -2.09. The second kappa shape index (κ2) is 3.11. The molecule has 0 spiro atoms. The normalized spacial score (nSPS) is 21.9. The van der Waals surface area contributed by atoms with Crippen LogP contribution in [-0.4, -0.2) is 17.7 Å². The van der Waals surface area contributed by atoms with Crippen LogP contribution in [-0.2, 0) is 4.74 Å². The maximum absolute atomic E-state index is 5.37. The second-order valence-electron chi connectivity index (χ2n) is 4.42. The fraction of sp³-hybridized carbons (Fsp3) is 0.385. The summed E-state index contributed by atoms with van der Waals surface area (Å²) in [4.78, 5) is 3.37. The Bertz CT molecular complexity index is 496. The minimum absolute atomic E-state index is 0.436. The van der Waals surface area contributed by atoms with E-state index in [2.05, 4.69) is 43.1 Å². The van der Waals surface area contributed by atoms with Crippen LogP contribution in [0.25, 0.3) is 10.9 Å². The van der Waals surface area contributed by atoms with Gasteiger partial charge in [-0.3, -0.25) is 0 Å². The summed E-state index contributed by atoms with van der Waals surface area (Å²) in [6.07, 6.45) is 0.436. The Hall–Kier alpha value is -1.28. The van der Waals surface area contributed by atoms with E-state index in [0.717, 1.165) is 6.61 Å². The van der Waals surface area contributed by atoms with Gasteiger partial charge in [-0.05, 0) is 24.6 Å². The zero-order chi connectivity index (χ0) is 10.4. The summed E-state index contributed by atoms with van der Waals surface area (Å²) in [5.41, 5.74) is 3.86. The third kappa shape index (κ3) is 1.45. The van der Waals surface area contributed by atoms with Crippen LogP contribution < -0.4 is 0 Å². The van der Waals surface area contributed by atoms with Crippen LogP contribution in [0.3, 0.4) is 0 Å². The van der Waals surface area contributed by atoms with Crippen molar-refractivity contribution in [3.05, 3.63) is 35.5 Å². The van der Waals surface area contributed by atoms with E-state index in [-0.39, 0.29) is 0 Å². The molecule has 0 amide bonds. The summed E-state index contributed by atoms with van der Waals surface area (Å²) in [6, 6.07) is 8.68. The van der Waals surface area contributed by atoms with Crippen LogP contribution in [0.5, 0.6) is 0 Å². The highest BCUT2D eigenvalue weighted by Gasteiger charge is 2.31. The zero-order valence-corrected chi connectivity index (χ0v) is 9.08. The Labute approximate surface area is 89.3 Å². The van der Waals surface area contributed by atoms with Crippen LogP contribution in [0, 0.1) is 6.92 Å². The van der Waals surface area contributed by atoms with Gasteiger partial charge in [0.25, 0.3) is 0 Å². The minimum Gasteiger partial charge on any atom is -0.372 e. The topological polar surface area (TPSA) is 28.3 Å². The molecule has 1 aliphatic heterocycles. The van der Waals surface area contributed by atoms with Crippen molar-refractivity contribution < 1.29 is 4.74 Å². The van der Waals surface area contributed by atoms with Gasteiger partial charge in [-0.15, -0.1) is 0 Å². The number of rotatable bonds is 2. The quantitative estimate of drug-likeness (QED) is 0.743. The predicted octanol–water partition coefficient (Wildman–Crippen LogP) is 2.98. The molecule has 1 fully saturated rings. The molecule has 0 bridgehead atoms. The van der Waals surface area contributed by atoms with E-state index >= 15 is 0 Å². The van der Waals surface area contributed by atoms with Gasteiger partial charge in [0.05, 0.1) is 12.7 Å². The van der Waals surface area contributed by atoms with E-state index < -0.39 is 0 Å². The number of H-pyrrole nitrogens is 1. The first-order valence-electron chi connectivity index (χ1n) is 5.45. The fourth-order valence-electron chi connectivity index (χ4n) is 2.26. The van der Waals surface area contributed by atoms with Crippen molar-refractivity contribution in [2.24, 2.45) is 0 Å². The molecule has 0 radical (unpaired) electrons. The molecule has 1 saturated heterocycles. The highest BCUT2D eigenvalue weighted by Crippen LogP contribution is 2.33. The Morgan fingerprint density at radius 2 is 2.27 bits per heavy atom. The van der Waals surface area contributed by atoms with E-state index in [0.29, 0.717) is 12.0 Å². The molecule has 1 aromatic heterocycles. The monoisotopic (exact) mass is 201 g/mol. The molecule has 1 aliphatic rings. The van der Waals surface area contributed by atoms with Crippen LogP contribution in [0.1, 0.15) is 24.1 Å². The minimum atomic E-state index is 0.436. The molecule has 2 nitrogen and oxygen atoms in total. The number of epoxide rings is 1. The van der Waals surface area contributed by atoms with Gasteiger partial charge in [0.1, 0.15) is 0 Å². The molecule has 2 unspecified atom stereocenters. The highest BCUT2D eigenvalue weighted by molar-refractivity contribution is 5.84. The number of aromatic amines is 1. The largest absolute Gasteiger partial charge is 0.372 e.